The highest BCUT2D eigenvalue weighted by atomic mass is 28.3. The van der Waals surface area contributed by atoms with Crippen LogP contribution in [0.2, 0.25) is 0 Å². The molecule has 0 fully saturated rings. The highest BCUT2D eigenvalue weighted by molar-refractivity contribution is 7.19. The van der Waals surface area contributed by atoms with Gasteiger partial charge in [-0.15, -0.1) is 0 Å². The molecule has 0 N–H and O–H groups in total. The van der Waals surface area contributed by atoms with Crippen LogP contribution >= 0.6 is 0 Å². The molecule has 0 aliphatic rings. The first-order valence-electron chi connectivity index (χ1n) is 15.1. The Morgan fingerprint density at radius 1 is 0.244 bits per heavy atom. The fraction of sp³-hybridized carbons (Fsp3) is 0. The van der Waals surface area contributed by atoms with Crippen LogP contribution in [0, 0.1) is 11.6 Å². The predicted molar refractivity (Wildman–Crippen MR) is 186 cm³/mol. The Morgan fingerprint density at radius 3 is 0.822 bits per heavy atom. The summed E-state index contributed by atoms with van der Waals surface area (Å²) in [7, 11) is -2.81. The molecule has 7 rings (SSSR count). The average Bonchev–Trinajstić information content (AvgIpc) is 3.11. The lowest BCUT2D eigenvalue weighted by Crippen LogP contribution is -2.74. The van der Waals surface area contributed by atoms with Gasteiger partial charge in [0.2, 0.25) is 0 Å². The Morgan fingerprint density at radius 2 is 0.489 bits per heavy atom. The van der Waals surface area contributed by atoms with E-state index in [9.17, 15) is 8.78 Å². The van der Waals surface area contributed by atoms with E-state index in [1.165, 1.54) is 56.1 Å². The van der Waals surface area contributed by atoms with Crippen molar-refractivity contribution in [1.29, 1.82) is 0 Å². The van der Waals surface area contributed by atoms with Gasteiger partial charge in [0.25, 0.3) is 0 Å². The summed E-state index contributed by atoms with van der Waals surface area (Å²) >= 11 is 0. The molecule has 45 heavy (non-hydrogen) atoms. The zero-order valence-corrected chi connectivity index (χ0v) is 25.6. The standard InChI is InChI=1S/C42H30F2Si/c43-37-21-11-32(12-22-37)35-17-27-41(28-18-35)45(39-9-5-2-6-10-39,40-25-15-34(16-26-40)31-7-3-1-4-8-31)42-29-19-36(20-30-42)33-13-23-38(44)24-14-33/h1-30H. The molecule has 7 aromatic rings. The van der Waals surface area contributed by atoms with E-state index in [0.717, 1.165) is 22.3 Å². The van der Waals surface area contributed by atoms with Crippen LogP contribution in [-0.2, 0) is 0 Å². The second-order valence-corrected chi connectivity index (χ2v) is 15.0. The summed E-state index contributed by atoms with van der Waals surface area (Å²) in [4.78, 5) is 0. The molecular weight excluding hydrogens is 571 g/mol. The van der Waals surface area contributed by atoms with Crippen LogP contribution in [0.5, 0.6) is 0 Å². The minimum Gasteiger partial charge on any atom is -0.207 e. The van der Waals surface area contributed by atoms with Gasteiger partial charge < -0.3 is 0 Å². The van der Waals surface area contributed by atoms with Gasteiger partial charge in [0.05, 0.1) is 0 Å². The molecule has 0 atom stereocenters. The van der Waals surface area contributed by atoms with Crippen LogP contribution in [0.15, 0.2) is 182 Å². The lowest BCUT2D eigenvalue weighted by Gasteiger charge is -2.35. The summed E-state index contributed by atoms with van der Waals surface area (Å²) in [6.07, 6.45) is 0. The van der Waals surface area contributed by atoms with Crippen molar-refractivity contribution in [3.8, 4) is 33.4 Å². The van der Waals surface area contributed by atoms with Crippen molar-refractivity contribution in [2.24, 2.45) is 0 Å². The van der Waals surface area contributed by atoms with Crippen LogP contribution < -0.4 is 20.7 Å². The second kappa shape index (κ2) is 12.3. The fourth-order valence-electron chi connectivity index (χ4n) is 6.34. The molecule has 0 heterocycles. The largest absolute Gasteiger partial charge is 0.207 e. The van der Waals surface area contributed by atoms with Crippen LogP contribution in [0.1, 0.15) is 0 Å². The summed E-state index contributed by atoms with van der Waals surface area (Å²) < 4.78 is 27.3. The lowest BCUT2D eigenvalue weighted by atomic mass is 10.1. The van der Waals surface area contributed by atoms with Gasteiger partial charge in [-0.3, -0.25) is 0 Å². The average molecular weight is 601 g/mol. The minimum absolute atomic E-state index is 0.242. The van der Waals surface area contributed by atoms with E-state index < -0.39 is 8.07 Å². The van der Waals surface area contributed by atoms with Gasteiger partial charge >= 0.3 is 0 Å². The predicted octanol–water partition coefficient (Wildman–Crippen LogP) is 8.34. The summed E-state index contributed by atoms with van der Waals surface area (Å²) in [5.41, 5.74) is 6.40. The smallest absolute Gasteiger partial charge is 0.179 e. The Balaban J connectivity index is 1.43. The van der Waals surface area contributed by atoms with E-state index in [1.807, 2.05) is 30.3 Å². The molecule has 0 aliphatic heterocycles. The minimum atomic E-state index is -2.81. The van der Waals surface area contributed by atoms with E-state index >= 15 is 0 Å². The lowest BCUT2D eigenvalue weighted by molar-refractivity contribution is 0.627. The maximum Gasteiger partial charge on any atom is 0.179 e. The Kier molecular flexibility index (Phi) is 7.77. The van der Waals surface area contributed by atoms with Crippen LogP contribution in [0.25, 0.3) is 33.4 Å². The van der Waals surface area contributed by atoms with Crippen molar-refractivity contribution in [1.82, 2.24) is 0 Å². The highest BCUT2D eigenvalue weighted by Crippen LogP contribution is 2.23. The number of hydrogen-bond donors (Lipinski definition) is 0. The van der Waals surface area contributed by atoms with Crippen molar-refractivity contribution in [3.05, 3.63) is 194 Å². The van der Waals surface area contributed by atoms with E-state index in [0.29, 0.717) is 0 Å². The van der Waals surface area contributed by atoms with E-state index in [2.05, 4.69) is 127 Å². The van der Waals surface area contributed by atoms with E-state index in [-0.39, 0.29) is 11.6 Å². The number of hydrogen-bond acceptors (Lipinski definition) is 0. The van der Waals surface area contributed by atoms with E-state index in [1.54, 1.807) is 0 Å². The van der Waals surface area contributed by atoms with Gasteiger partial charge in [-0.05, 0) is 78.4 Å². The summed E-state index contributed by atoms with van der Waals surface area (Å²) in [6, 6.07) is 61.2. The van der Waals surface area contributed by atoms with Gasteiger partial charge in [0, 0.05) is 0 Å². The third-order valence-corrected chi connectivity index (χ3v) is 13.4. The molecule has 0 saturated carbocycles. The zero-order chi connectivity index (χ0) is 30.6. The summed E-state index contributed by atoms with van der Waals surface area (Å²) in [5.74, 6) is -0.484. The normalized spacial score (nSPS) is 11.3. The fourth-order valence-corrected chi connectivity index (χ4v) is 11.0. The highest BCUT2D eigenvalue weighted by Gasteiger charge is 2.41. The molecule has 0 spiro atoms. The van der Waals surface area contributed by atoms with E-state index in [4.69, 9.17) is 0 Å². The van der Waals surface area contributed by atoms with Crippen molar-refractivity contribution >= 4 is 28.8 Å². The third kappa shape index (κ3) is 5.55. The van der Waals surface area contributed by atoms with Crippen molar-refractivity contribution in [3.63, 3.8) is 0 Å². The molecular formula is C42H30F2Si. The summed E-state index contributed by atoms with van der Waals surface area (Å²) in [5, 5.41) is 5.06. The molecule has 0 radical (unpaired) electrons. The van der Waals surface area contributed by atoms with Gasteiger partial charge in [-0.2, -0.15) is 0 Å². The Hall–Kier alpha value is -5.38. The molecule has 7 aromatic carbocycles. The van der Waals surface area contributed by atoms with Gasteiger partial charge in [0.15, 0.2) is 8.07 Å². The zero-order valence-electron chi connectivity index (χ0n) is 24.6. The molecule has 0 saturated heterocycles. The van der Waals surface area contributed by atoms with Gasteiger partial charge in [-0.25, -0.2) is 8.78 Å². The van der Waals surface area contributed by atoms with Crippen LogP contribution in [-0.4, -0.2) is 8.07 Å². The maximum atomic E-state index is 13.7. The Bertz CT molecular complexity index is 1910. The topological polar surface area (TPSA) is 0 Å². The molecule has 0 aromatic heterocycles. The van der Waals surface area contributed by atoms with Gasteiger partial charge in [0.1, 0.15) is 11.6 Å². The third-order valence-electron chi connectivity index (χ3n) is 8.62. The Labute approximate surface area is 263 Å². The molecule has 3 heteroatoms. The van der Waals surface area contributed by atoms with Crippen LogP contribution in [0.3, 0.4) is 0 Å². The number of benzene rings is 7. The maximum absolute atomic E-state index is 13.7. The molecule has 0 unspecified atom stereocenters. The number of halogens is 2. The molecule has 0 amide bonds. The van der Waals surface area contributed by atoms with Crippen molar-refractivity contribution in [2.75, 3.05) is 0 Å². The molecule has 0 nitrogen and oxygen atoms in total. The van der Waals surface area contributed by atoms with Gasteiger partial charge in [-0.1, -0.05) is 158 Å². The number of rotatable bonds is 7. The molecule has 0 aliphatic carbocycles. The first-order valence-corrected chi connectivity index (χ1v) is 17.1. The SMILES string of the molecule is Fc1ccc(-c2ccc([Si](c3ccccc3)(c3ccc(-c4ccccc4)cc3)c3ccc(-c4ccc(F)cc4)cc3)cc2)cc1. The quantitative estimate of drug-likeness (QED) is 0.127. The first kappa shape index (κ1) is 28.4. The second-order valence-electron chi connectivity index (χ2n) is 11.2. The monoisotopic (exact) mass is 600 g/mol. The summed E-state index contributed by atoms with van der Waals surface area (Å²) in [6.45, 7) is 0. The van der Waals surface area contributed by atoms with Crippen molar-refractivity contribution < 1.29 is 8.78 Å². The molecule has 216 valence electrons. The molecule has 0 bridgehead atoms. The van der Waals surface area contributed by atoms with Crippen molar-refractivity contribution in [2.45, 2.75) is 0 Å². The first-order chi connectivity index (χ1) is 22.1. The van der Waals surface area contributed by atoms with Crippen LogP contribution in [0.4, 0.5) is 8.78 Å².